The zero-order valence-electron chi connectivity index (χ0n) is 25.9. The Labute approximate surface area is 258 Å². The number of anilines is 1. The first-order valence-electron chi connectivity index (χ1n) is 14.8. The Morgan fingerprint density at radius 2 is 1.73 bits per heavy atom. The number of piperazine rings is 1. The van der Waals surface area contributed by atoms with Crippen molar-refractivity contribution in [2.24, 2.45) is 7.05 Å². The van der Waals surface area contributed by atoms with Gasteiger partial charge in [0, 0.05) is 46.0 Å². The molecule has 0 bridgehead atoms. The molecule has 1 saturated heterocycles. The van der Waals surface area contributed by atoms with E-state index in [0.29, 0.717) is 46.9 Å². The average Bonchev–Trinajstić information content (AvgIpc) is 3.51. The second kappa shape index (κ2) is 13.0. The molecule has 0 saturated carbocycles. The number of methoxy groups -OCH3 is 2. The van der Waals surface area contributed by atoms with Gasteiger partial charge in [-0.2, -0.15) is 0 Å². The largest absolute Gasteiger partial charge is 0.493 e. The summed E-state index contributed by atoms with van der Waals surface area (Å²) < 4.78 is 40.9. The Bertz CT molecular complexity index is 1630. The molecule has 1 fully saturated rings. The standard InChI is InChI=1S/C31H40N6O6S/c1-6-35-15-17-36(18-16-35)25-10-7-9-23-29(25)31(39)37(30(23)38)24(22-12-13-26(42-4)27(19-22)43-5)11-8-14-32-44(40,41)28-20-34(3)21(2)33-28/h7,9-10,12-13,19-20,24,32H,6,8,11,14-18H2,1-5H3/t24-/m1/s1. The summed E-state index contributed by atoms with van der Waals surface area (Å²) in [6, 6.07) is 10.1. The van der Waals surface area contributed by atoms with Crippen molar-refractivity contribution in [1.29, 1.82) is 0 Å². The van der Waals surface area contributed by atoms with Crippen LogP contribution < -0.4 is 19.1 Å². The van der Waals surface area contributed by atoms with Gasteiger partial charge in [-0.25, -0.2) is 18.1 Å². The predicted octanol–water partition coefficient (Wildman–Crippen LogP) is 2.98. The lowest BCUT2D eigenvalue weighted by Crippen LogP contribution is -2.46. The predicted molar refractivity (Wildman–Crippen MR) is 166 cm³/mol. The van der Waals surface area contributed by atoms with E-state index in [9.17, 15) is 18.0 Å². The number of imide groups is 1. The molecule has 12 nitrogen and oxygen atoms in total. The van der Waals surface area contributed by atoms with Crippen molar-refractivity contribution < 1.29 is 27.5 Å². The molecule has 1 N–H and O–H groups in total. The zero-order valence-corrected chi connectivity index (χ0v) is 26.7. The number of aryl methyl sites for hydroxylation is 2. The van der Waals surface area contributed by atoms with Gasteiger partial charge in [-0.1, -0.05) is 19.1 Å². The van der Waals surface area contributed by atoms with Crippen LogP contribution in [-0.2, 0) is 17.1 Å². The van der Waals surface area contributed by atoms with Crippen molar-refractivity contribution in [3.63, 3.8) is 0 Å². The third kappa shape index (κ3) is 6.04. The lowest BCUT2D eigenvalue weighted by atomic mass is 9.99. The SMILES string of the molecule is CCN1CCN(c2cccc3c2C(=O)N([C@H](CCCNS(=O)(=O)c2cn(C)c(C)n2)c2ccc(OC)c(OC)c2)C3=O)CC1. The van der Waals surface area contributed by atoms with Gasteiger partial charge in [0.05, 0.1) is 37.1 Å². The van der Waals surface area contributed by atoms with Gasteiger partial charge >= 0.3 is 0 Å². The van der Waals surface area contributed by atoms with Crippen molar-refractivity contribution in [2.75, 3.05) is 58.4 Å². The summed E-state index contributed by atoms with van der Waals surface area (Å²) >= 11 is 0. The third-order valence-corrected chi connectivity index (χ3v) is 9.83. The van der Waals surface area contributed by atoms with E-state index in [-0.39, 0.29) is 23.4 Å². The van der Waals surface area contributed by atoms with Crippen molar-refractivity contribution in [2.45, 2.75) is 37.8 Å². The van der Waals surface area contributed by atoms with E-state index >= 15 is 0 Å². The monoisotopic (exact) mass is 624 g/mol. The van der Waals surface area contributed by atoms with E-state index in [1.165, 1.54) is 25.3 Å². The third-order valence-electron chi connectivity index (χ3n) is 8.50. The minimum Gasteiger partial charge on any atom is -0.493 e. The Morgan fingerprint density at radius 3 is 2.36 bits per heavy atom. The van der Waals surface area contributed by atoms with Crippen molar-refractivity contribution in [3.05, 3.63) is 65.1 Å². The summed E-state index contributed by atoms with van der Waals surface area (Å²) in [4.78, 5) is 38.1. The van der Waals surface area contributed by atoms with Crippen LogP contribution in [0.2, 0.25) is 0 Å². The summed E-state index contributed by atoms with van der Waals surface area (Å²) in [5.41, 5.74) is 2.24. The smallest absolute Gasteiger partial charge is 0.264 e. The van der Waals surface area contributed by atoms with E-state index in [1.54, 1.807) is 42.8 Å². The summed E-state index contributed by atoms with van der Waals surface area (Å²) in [6.07, 6.45) is 2.13. The number of carbonyl (C=O) groups is 2. The molecule has 3 aromatic rings. The highest BCUT2D eigenvalue weighted by Gasteiger charge is 2.43. The highest BCUT2D eigenvalue weighted by atomic mass is 32.2. The van der Waals surface area contributed by atoms with Gasteiger partial charge in [0.25, 0.3) is 21.8 Å². The Kier molecular flexibility index (Phi) is 9.28. The van der Waals surface area contributed by atoms with Gasteiger partial charge in [0.1, 0.15) is 5.82 Å². The molecule has 0 aliphatic carbocycles. The van der Waals surface area contributed by atoms with E-state index < -0.39 is 16.1 Å². The molecule has 2 aliphatic heterocycles. The first-order chi connectivity index (χ1) is 21.1. The van der Waals surface area contributed by atoms with Crippen LogP contribution in [0.4, 0.5) is 5.69 Å². The number of hydrogen-bond donors (Lipinski definition) is 1. The highest BCUT2D eigenvalue weighted by Crippen LogP contribution is 2.40. The van der Waals surface area contributed by atoms with E-state index in [1.807, 2.05) is 12.1 Å². The van der Waals surface area contributed by atoms with E-state index in [2.05, 4.69) is 26.4 Å². The molecule has 2 aliphatic rings. The number of nitrogens with one attached hydrogen (secondary N) is 1. The molecular weight excluding hydrogens is 584 g/mol. The van der Waals surface area contributed by atoms with Gasteiger partial charge in [0.2, 0.25) is 0 Å². The number of ether oxygens (including phenoxy) is 2. The number of amides is 2. The van der Waals surface area contributed by atoms with Crippen LogP contribution in [-0.4, -0.2) is 93.1 Å². The molecule has 1 aromatic heterocycles. The zero-order chi connectivity index (χ0) is 31.6. The summed E-state index contributed by atoms with van der Waals surface area (Å²) in [7, 11) is 0.966. The van der Waals surface area contributed by atoms with Crippen LogP contribution in [0, 0.1) is 6.92 Å². The second-order valence-corrected chi connectivity index (χ2v) is 12.7. The van der Waals surface area contributed by atoms with Gasteiger partial charge in [0.15, 0.2) is 16.5 Å². The number of fused-ring (bicyclic) bond motifs is 1. The number of nitrogens with zero attached hydrogens (tertiary/aromatic N) is 5. The molecule has 44 heavy (non-hydrogen) atoms. The first kappa shape index (κ1) is 31.5. The fourth-order valence-corrected chi connectivity index (χ4v) is 6.98. The highest BCUT2D eigenvalue weighted by molar-refractivity contribution is 7.89. The molecule has 0 radical (unpaired) electrons. The number of sulfonamides is 1. The van der Waals surface area contributed by atoms with E-state index in [0.717, 1.165) is 38.4 Å². The summed E-state index contributed by atoms with van der Waals surface area (Å²) in [5.74, 6) is 0.832. The molecule has 2 amide bonds. The fraction of sp³-hybridized carbons (Fsp3) is 0.452. The van der Waals surface area contributed by atoms with Crippen LogP contribution in [0.15, 0.2) is 47.6 Å². The molecular formula is C31H40N6O6S. The molecule has 13 heteroatoms. The van der Waals surface area contributed by atoms with Crippen molar-refractivity contribution >= 4 is 27.5 Å². The Balaban J connectivity index is 1.42. The first-order valence-corrected chi connectivity index (χ1v) is 16.3. The topological polar surface area (TPSA) is 126 Å². The minimum absolute atomic E-state index is 0.0541. The van der Waals surface area contributed by atoms with Gasteiger partial charge in [-0.3, -0.25) is 14.5 Å². The maximum absolute atomic E-state index is 14.2. The average molecular weight is 625 g/mol. The molecule has 3 heterocycles. The minimum atomic E-state index is -3.83. The fourth-order valence-electron chi connectivity index (χ4n) is 5.87. The summed E-state index contributed by atoms with van der Waals surface area (Å²) in [5, 5.41) is -0.0541. The second-order valence-electron chi connectivity index (χ2n) is 11.0. The number of rotatable bonds is 12. The number of aromatic nitrogens is 2. The number of hydrogen-bond acceptors (Lipinski definition) is 9. The molecule has 236 valence electrons. The van der Waals surface area contributed by atoms with Crippen LogP contribution in [0.3, 0.4) is 0 Å². The maximum Gasteiger partial charge on any atom is 0.264 e. The van der Waals surface area contributed by atoms with Crippen LogP contribution in [0.5, 0.6) is 11.5 Å². The van der Waals surface area contributed by atoms with Crippen LogP contribution in [0.1, 0.15) is 57.9 Å². The molecule has 2 aromatic carbocycles. The van der Waals surface area contributed by atoms with Gasteiger partial charge in [-0.05, 0) is 56.1 Å². The normalized spacial score (nSPS) is 16.4. The molecule has 0 unspecified atom stereocenters. The van der Waals surface area contributed by atoms with Crippen molar-refractivity contribution in [1.82, 2.24) is 24.1 Å². The molecule has 1 atom stereocenters. The Morgan fingerprint density at radius 1 is 1.00 bits per heavy atom. The quantitative estimate of drug-likeness (QED) is 0.239. The lowest BCUT2D eigenvalue weighted by molar-refractivity contribution is 0.0572. The molecule has 0 spiro atoms. The molecule has 5 rings (SSSR count). The van der Waals surface area contributed by atoms with E-state index in [4.69, 9.17) is 9.47 Å². The number of carbonyl (C=O) groups excluding carboxylic acids is 2. The number of likely N-dealkylation sites (N-methyl/N-ethyl adjacent to an activating group) is 1. The van der Waals surface area contributed by atoms with Crippen LogP contribution in [0.25, 0.3) is 0 Å². The Hall–Kier alpha value is -3.94. The number of benzene rings is 2. The summed E-state index contributed by atoms with van der Waals surface area (Å²) in [6.45, 7) is 8.22. The lowest BCUT2D eigenvalue weighted by Gasteiger charge is -2.36. The van der Waals surface area contributed by atoms with Gasteiger partial charge in [-0.15, -0.1) is 0 Å². The van der Waals surface area contributed by atoms with Crippen LogP contribution >= 0.6 is 0 Å². The van der Waals surface area contributed by atoms with Crippen molar-refractivity contribution in [3.8, 4) is 11.5 Å². The number of imidazole rings is 1. The van der Waals surface area contributed by atoms with Gasteiger partial charge < -0.3 is 23.8 Å². The maximum atomic E-state index is 14.2.